The summed E-state index contributed by atoms with van der Waals surface area (Å²) in [5.74, 6) is -1.31. The molecule has 1 aliphatic rings. The Morgan fingerprint density at radius 2 is 1.25 bits per heavy atom. The van der Waals surface area contributed by atoms with E-state index in [0.717, 1.165) is 16.0 Å². The lowest BCUT2D eigenvalue weighted by atomic mass is 10.0. The first-order chi connectivity index (χ1) is 13.6. The highest BCUT2D eigenvalue weighted by atomic mass is 16.2. The Morgan fingerprint density at radius 3 is 1.86 bits per heavy atom. The maximum Gasteiger partial charge on any atom is 0.262 e. The van der Waals surface area contributed by atoms with E-state index in [1.807, 2.05) is 48.5 Å². The Hall–Kier alpha value is -3.73. The quantitative estimate of drug-likeness (QED) is 0.707. The molecule has 1 atom stereocenters. The number of para-hydroxylation sites is 1. The molecule has 5 nitrogen and oxygen atoms in total. The highest BCUT2D eigenvalue weighted by Crippen LogP contribution is 2.29. The maximum atomic E-state index is 12.9. The Morgan fingerprint density at radius 1 is 0.750 bits per heavy atom. The summed E-state index contributed by atoms with van der Waals surface area (Å²) < 4.78 is 0. The van der Waals surface area contributed by atoms with E-state index in [1.54, 1.807) is 37.3 Å². The number of carbonyl (C=O) groups is 3. The zero-order chi connectivity index (χ0) is 19.7. The molecule has 0 aromatic heterocycles. The molecule has 3 amide bonds. The predicted octanol–water partition coefficient (Wildman–Crippen LogP) is 3.98. The minimum atomic E-state index is -0.934. The highest BCUT2D eigenvalue weighted by molar-refractivity contribution is 6.23. The van der Waals surface area contributed by atoms with Crippen molar-refractivity contribution in [2.45, 2.75) is 13.0 Å². The normalized spacial score (nSPS) is 14.0. The molecule has 3 aromatic rings. The molecule has 3 aromatic carbocycles. The van der Waals surface area contributed by atoms with Gasteiger partial charge in [-0.3, -0.25) is 19.3 Å². The minimum Gasteiger partial charge on any atom is -0.324 e. The van der Waals surface area contributed by atoms with Crippen LogP contribution < -0.4 is 5.32 Å². The van der Waals surface area contributed by atoms with Crippen LogP contribution in [0, 0.1) is 0 Å². The molecular formula is C23H18N2O3. The van der Waals surface area contributed by atoms with Gasteiger partial charge in [0.05, 0.1) is 11.1 Å². The van der Waals surface area contributed by atoms with Crippen LogP contribution in [0.5, 0.6) is 0 Å². The Balaban J connectivity index is 1.59. The van der Waals surface area contributed by atoms with Gasteiger partial charge in [-0.1, -0.05) is 60.7 Å². The molecule has 1 heterocycles. The molecule has 28 heavy (non-hydrogen) atoms. The van der Waals surface area contributed by atoms with E-state index in [-0.39, 0.29) is 0 Å². The van der Waals surface area contributed by atoms with Crippen molar-refractivity contribution >= 4 is 23.4 Å². The average Bonchev–Trinajstić information content (AvgIpc) is 2.99. The van der Waals surface area contributed by atoms with Gasteiger partial charge in [-0.2, -0.15) is 0 Å². The zero-order valence-electron chi connectivity index (χ0n) is 15.3. The molecule has 0 saturated heterocycles. The molecule has 4 rings (SSSR count). The van der Waals surface area contributed by atoms with Crippen LogP contribution >= 0.6 is 0 Å². The summed E-state index contributed by atoms with van der Waals surface area (Å²) in [5, 5.41) is 2.87. The zero-order valence-corrected chi connectivity index (χ0v) is 15.3. The molecule has 0 bridgehead atoms. The van der Waals surface area contributed by atoms with Crippen LogP contribution in [-0.2, 0) is 4.79 Å². The Labute approximate surface area is 162 Å². The molecule has 1 aliphatic heterocycles. The molecule has 0 radical (unpaired) electrons. The molecule has 0 fully saturated rings. The second-order valence-electron chi connectivity index (χ2n) is 6.60. The van der Waals surface area contributed by atoms with Crippen LogP contribution in [0.3, 0.4) is 0 Å². The van der Waals surface area contributed by atoms with E-state index in [1.165, 1.54) is 0 Å². The summed E-state index contributed by atoms with van der Waals surface area (Å²) in [6.07, 6.45) is 0. The summed E-state index contributed by atoms with van der Waals surface area (Å²) in [6, 6.07) is 22.8. The third-order valence-corrected chi connectivity index (χ3v) is 4.86. The van der Waals surface area contributed by atoms with E-state index in [4.69, 9.17) is 0 Å². The SMILES string of the molecule is CC(C(=O)Nc1ccccc1-c1ccccc1)N1C(=O)c2ccccc2C1=O. The van der Waals surface area contributed by atoms with Crippen molar-refractivity contribution < 1.29 is 14.4 Å². The van der Waals surface area contributed by atoms with Crippen molar-refractivity contribution in [1.82, 2.24) is 4.90 Å². The van der Waals surface area contributed by atoms with Crippen molar-refractivity contribution in [3.05, 3.63) is 90.0 Å². The first kappa shape index (κ1) is 17.7. The number of rotatable bonds is 4. The number of nitrogens with one attached hydrogen (secondary N) is 1. The monoisotopic (exact) mass is 370 g/mol. The summed E-state index contributed by atoms with van der Waals surface area (Å²) in [5.41, 5.74) is 3.12. The molecule has 1 N–H and O–H groups in total. The third kappa shape index (κ3) is 2.97. The Kier molecular flexibility index (Phi) is 4.49. The topological polar surface area (TPSA) is 66.5 Å². The lowest BCUT2D eigenvalue weighted by molar-refractivity contribution is -0.119. The fourth-order valence-electron chi connectivity index (χ4n) is 3.38. The number of nitrogens with zero attached hydrogens (tertiary/aromatic N) is 1. The average molecular weight is 370 g/mol. The number of hydrogen-bond donors (Lipinski definition) is 1. The van der Waals surface area contributed by atoms with E-state index < -0.39 is 23.8 Å². The molecular weight excluding hydrogens is 352 g/mol. The van der Waals surface area contributed by atoms with E-state index in [2.05, 4.69) is 5.32 Å². The van der Waals surface area contributed by atoms with E-state index in [9.17, 15) is 14.4 Å². The van der Waals surface area contributed by atoms with Gasteiger partial charge in [-0.15, -0.1) is 0 Å². The van der Waals surface area contributed by atoms with Crippen LogP contribution in [0.1, 0.15) is 27.6 Å². The van der Waals surface area contributed by atoms with Gasteiger partial charge in [-0.25, -0.2) is 0 Å². The van der Waals surface area contributed by atoms with Gasteiger partial charge >= 0.3 is 0 Å². The first-order valence-electron chi connectivity index (χ1n) is 9.00. The van der Waals surface area contributed by atoms with E-state index in [0.29, 0.717) is 16.8 Å². The van der Waals surface area contributed by atoms with Gasteiger partial charge in [-0.05, 0) is 30.7 Å². The number of benzene rings is 3. The van der Waals surface area contributed by atoms with Crippen LogP contribution in [0.4, 0.5) is 5.69 Å². The van der Waals surface area contributed by atoms with Crippen molar-refractivity contribution in [2.75, 3.05) is 5.32 Å². The largest absolute Gasteiger partial charge is 0.324 e. The second-order valence-corrected chi connectivity index (χ2v) is 6.60. The van der Waals surface area contributed by atoms with Gasteiger partial charge in [0.1, 0.15) is 6.04 Å². The summed E-state index contributed by atoms with van der Waals surface area (Å²) in [7, 11) is 0. The van der Waals surface area contributed by atoms with Gasteiger partial charge in [0.15, 0.2) is 0 Å². The number of carbonyl (C=O) groups excluding carboxylic acids is 3. The minimum absolute atomic E-state index is 0.330. The number of amides is 3. The molecule has 0 saturated carbocycles. The van der Waals surface area contributed by atoms with Gasteiger partial charge in [0.2, 0.25) is 5.91 Å². The molecule has 1 unspecified atom stereocenters. The van der Waals surface area contributed by atoms with Crippen LogP contribution in [0.25, 0.3) is 11.1 Å². The second kappa shape index (κ2) is 7.12. The van der Waals surface area contributed by atoms with Crippen molar-refractivity contribution in [2.24, 2.45) is 0 Å². The lowest BCUT2D eigenvalue weighted by Crippen LogP contribution is -2.45. The fraction of sp³-hybridized carbons (Fsp3) is 0.0870. The van der Waals surface area contributed by atoms with Gasteiger partial charge < -0.3 is 5.32 Å². The molecule has 138 valence electrons. The highest BCUT2D eigenvalue weighted by Gasteiger charge is 2.40. The van der Waals surface area contributed by atoms with Crippen LogP contribution in [0.15, 0.2) is 78.9 Å². The smallest absolute Gasteiger partial charge is 0.262 e. The molecule has 0 spiro atoms. The van der Waals surface area contributed by atoms with Crippen molar-refractivity contribution in [3.63, 3.8) is 0 Å². The number of fused-ring (bicyclic) bond motifs is 1. The Bertz CT molecular complexity index is 1040. The van der Waals surface area contributed by atoms with Crippen molar-refractivity contribution in [1.29, 1.82) is 0 Å². The third-order valence-electron chi connectivity index (χ3n) is 4.86. The van der Waals surface area contributed by atoms with Gasteiger partial charge in [0, 0.05) is 11.3 Å². The standard InChI is InChI=1S/C23H18N2O3/c1-15(25-22(27)18-12-5-6-13-19(18)23(25)28)21(26)24-20-14-8-7-11-17(20)16-9-3-2-4-10-16/h2-15H,1H3,(H,24,26). The molecule has 0 aliphatic carbocycles. The van der Waals surface area contributed by atoms with Crippen LogP contribution in [0.2, 0.25) is 0 Å². The van der Waals surface area contributed by atoms with E-state index >= 15 is 0 Å². The lowest BCUT2D eigenvalue weighted by Gasteiger charge is -2.22. The molecule has 5 heteroatoms. The van der Waals surface area contributed by atoms with Crippen LogP contribution in [-0.4, -0.2) is 28.7 Å². The number of hydrogen-bond acceptors (Lipinski definition) is 3. The van der Waals surface area contributed by atoms with Crippen molar-refractivity contribution in [3.8, 4) is 11.1 Å². The predicted molar refractivity (Wildman–Crippen MR) is 107 cm³/mol. The number of imide groups is 1. The number of anilines is 1. The first-order valence-corrected chi connectivity index (χ1v) is 9.00. The fourth-order valence-corrected chi connectivity index (χ4v) is 3.38. The van der Waals surface area contributed by atoms with Gasteiger partial charge in [0.25, 0.3) is 11.8 Å². The summed E-state index contributed by atoms with van der Waals surface area (Å²) in [4.78, 5) is 39.1. The summed E-state index contributed by atoms with van der Waals surface area (Å²) >= 11 is 0. The maximum absolute atomic E-state index is 12.9. The summed E-state index contributed by atoms with van der Waals surface area (Å²) in [6.45, 7) is 1.56.